The molecular weight excluding hydrogens is 164 g/mol. The highest BCUT2D eigenvalue weighted by Gasteiger charge is 2.48. The first-order valence-corrected chi connectivity index (χ1v) is 8.72. The van der Waals surface area contributed by atoms with E-state index in [4.69, 9.17) is 0 Å². The van der Waals surface area contributed by atoms with Crippen molar-refractivity contribution in [2.24, 2.45) is 5.92 Å². The molecule has 1 rings (SSSR count). The first-order chi connectivity index (χ1) is 5.46. The quantitative estimate of drug-likeness (QED) is 0.669. The highest BCUT2D eigenvalue weighted by atomic mass is 28.3. The minimum absolute atomic E-state index is 0.00623. The first-order valence-electron chi connectivity index (χ1n) is 5.15. The minimum atomic E-state index is -0.938. The predicted molar refractivity (Wildman–Crippen MR) is 56.1 cm³/mol. The molecule has 0 spiro atoms. The van der Waals surface area contributed by atoms with Crippen LogP contribution < -0.4 is 0 Å². The monoisotopic (exact) mass is 186 g/mol. The molecule has 1 aliphatic carbocycles. The lowest BCUT2D eigenvalue weighted by atomic mass is 10.1. The Balaban J connectivity index is 2.32. The average Bonchev–Trinajstić information content (AvgIpc) is 2.62. The van der Waals surface area contributed by atoms with Crippen molar-refractivity contribution in [3.63, 3.8) is 0 Å². The van der Waals surface area contributed by atoms with Crippen molar-refractivity contribution in [3.8, 4) is 0 Å². The molecule has 0 saturated heterocycles. The van der Waals surface area contributed by atoms with Crippen molar-refractivity contribution >= 4 is 8.07 Å². The van der Waals surface area contributed by atoms with E-state index in [0.29, 0.717) is 5.92 Å². The van der Waals surface area contributed by atoms with Crippen LogP contribution in [0.3, 0.4) is 0 Å². The number of hydrogen-bond donors (Lipinski definition) is 1. The highest BCUT2D eigenvalue weighted by molar-refractivity contribution is 6.78. The average molecular weight is 186 g/mol. The van der Waals surface area contributed by atoms with Gasteiger partial charge >= 0.3 is 0 Å². The molecule has 1 saturated carbocycles. The van der Waals surface area contributed by atoms with Crippen molar-refractivity contribution in [3.05, 3.63) is 0 Å². The molecule has 1 aliphatic rings. The molecule has 1 fully saturated rings. The van der Waals surface area contributed by atoms with E-state index in [1.54, 1.807) is 0 Å². The van der Waals surface area contributed by atoms with Gasteiger partial charge in [-0.15, -0.1) is 0 Å². The SMILES string of the molecule is CCC[C@H](O)[C@@H]1C[C@H]1[Si](C)(C)C. The summed E-state index contributed by atoms with van der Waals surface area (Å²) in [4.78, 5) is 0. The van der Waals surface area contributed by atoms with Gasteiger partial charge in [0.15, 0.2) is 0 Å². The fourth-order valence-electron chi connectivity index (χ4n) is 2.15. The zero-order valence-electron chi connectivity index (χ0n) is 8.80. The lowest BCUT2D eigenvalue weighted by Gasteiger charge is -2.17. The van der Waals surface area contributed by atoms with Crippen LogP contribution >= 0.6 is 0 Å². The fraction of sp³-hybridized carbons (Fsp3) is 1.00. The van der Waals surface area contributed by atoms with Crippen molar-refractivity contribution in [2.45, 2.75) is 57.5 Å². The summed E-state index contributed by atoms with van der Waals surface area (Å²) >= 11 is 0. The van der Waals surface area contributed by atoms with Crippen molar-refractivity contribution < 1.29 is 5.11 Å². The van der Waals surface area contributed by atoms with E-state index >= 15 is 0 Å². The van der Waals surface area contributed by atoms with E-state index in [2.05, 4.69) is 26.6 Å². The Morgan fingerprint density at radius 1 is 1.42 bits per heavy atom. The first kappa shape index (κ1) is 10.3. The molecule has 0 unspecified atom stereocenters. The molecule has 0 aromatic heterocycles. The third kappa shape index (κ3) is 2.33. The molecule has 0 radical (unpaired) electrons. The maximum Gasteiger partial charge on any atom is 0.0568 e. The van der Waals surface area contributed by atoms with Gasteiger partial charge in [0.25, 0.3) is 0 Å². The van der Waals surface area contributed by atoms with Crippen LogP contribution in [-0.4, -0.2) is 19.3 Å². The summed E-state index contributed by atoms with van der Waals surface area (Å²) in [5, 5.41) is 9.74. The number of aliphatic hydroxyl groups excluding tert-OH is 1. The molecule has 1 nitrogen and oxygen atoms in total. The fourth-order valence-corrected chi connectivity index (χ4v) is 4.63. The van der Waals surface area contributed by atoms with Crippen LogP contribution in [0.1, 0.15) is 26.2 Å². The largest absolute Gasteiger partial charge is 0.393 e. The summed E-state index contributed by atoms with van der Waals surface area (Å²) in [6.45, 7) is 9.39. The van der Waals surface area contributed by atoms with E-state index in [1.807, 2.05) is 0 Å². The molecular formula is C10H22OSi. The Kier molecular flexibility index (Phi) is 3.00. The standard InChI is InChI=1S/C10H22OSi/c1-5-6-9(11)8-7-10(8)12(2,3)4/h8-11H,5-7H2,1-4H3/t8-,9-,10+/m0/s1. The van der Waals surface area contributed by atoms with Gasteiger partial charge in [-0.3, -0.25) is 0 Å². The second kappa shape index (κ2) is 3.50. The zero-order valence-corrected chi connectivity index (χ0v) is 9.80. The summed E-state index contributed by atoms with van der Waals surface area (Å²) in [6.07, 6.45) is 3.44. The van der Waals surface area contributed by atoms with Crippen LogP contribution in [0.5, 0.6) is 0 Å². The summed E-state index contributed by atoms with van der Waals surface area (Å²) in [6, 6.07) is 0. The number of aliphatic hydroxyl groups is 1. The lowest BCUT2D eigenvalue weighted by molar-refractivity contribution is 0.140. The van der Waals surface area contributed by atoms with E-state index in [9.17, 15) is 5.11 Å². The highest BCUT2D eigenvalue weighted by Crippen LogP contribution is 2.54. The second-order valence-corrected chi connectivity index (χ2v) is 10.7. The molecule has 0 aromatic rings. The van der Waals surface area contributed by atoms with Gasteiger partial charge in [-0.25, -0.2) is 0 Å². The van der Waals surface area contributed by atoms with Gasteiger partial charge in [0.2, 0.25) is 0 Å². The van der Waals surface area contributed by atoms with E-state index in [-0.39, 0.29) is 6.10 Å². The van der Waals surface area contributed by atoms with Gasteiger partial charge in [-0.2, -0.15) is 0 Å². The Morgan fingerprint density at radius 3 is 2.33 bits per heavy atom. The molecule has 72 valence electrons. The third-order valence-electron chi connectivity index (χ3n) is 3.03. The van der Waals surface area contributed by atoms with Crippen molar-refractivity contribution in [1.82, 2.24) is 0 Å². The normalized spacial score (nSPS) is 31.8. The van der Waals surface area contributed by atoms with Gasteiger partial charge < -0.3 is 5.11 Å². The maximum atomic E-state index is 9.74. The summed E-state index contributed by atoms with van der Waals surface area (Å²) < 4.78 is 0. The number of rotatable bonds is 4. The third-order valence-corrected chi connectivity index (χ3v) is 5.92. The molecule has 0 amide bonds. The van der Waals surface area contributed by atoms with E-state index in [1.165, 1.54) is 6.42 Å². The predicted octanol–water partition coefficient (Wildman–Crippen LogP) is 2.88. The molecule has 0 aliphatic heterocycles. The van der Waals surface area contributed by atoms with E-state index in [0.717, 1.165) is 18.4 Å². The van der Waals surface area contributed by atoms with Gasteiger partial charge in [0.1, 0.15) is 0 Å². The summed E-state index contributed by atoms with van der Waals surface area (Å²) in [7, 11) is -0.938. The van der Waals surface area contributed by atoms with Crippen LogP contribution in [0.4, 0.5) is 0 Å². The summed E-state index contributed by atoms with van der Waals surface area (Å²) in [5.41, 5.74) is 0.902. The Morgan fingerprint density at radius 2 is 2.00 bits per heavy atom. The molecule has 0 heterocycles. The molecule has 0 bridgehead atoms. The van der Waals surface area contributed by atoms with Crippen LogP contribution in [0, 0.1) is 5.92 Å². The topological polar surface area (TPSA) is 20.2 Å². The second-order valence-electron chi connectivity index (χ2n) is 5.23. The van der Waals surface area contributed by atoms with Gasteiger partial charge in [-0.1, -0.05) is 33.0 Å². The molecule has 1 N–H and O–H groups in total. The Hall–Kier alpha value is 0.177. The Labute approximate surface area is 77.2 Å². The lowest BCUT2D eigenvalue weighted by Crippen LogP contribution is -2.23. The zero-order chi connectivity index (χ0) is 9.35. The molecule has 12 heavy (non-hydrogen) atoms. The van der Waals surface area contributed by atoms with E-state index < -0.39 is 8.07 Å². The Bertz CT molecular complexity index is 150. The van der Waals surface area contributed by atoms with Crippen LogP contribution in [-0.2, 0) is 0 Å². The molecule has 3 atom stereocenters. The molecule has 0 aromatic carbocycles. The van der Waals surface area contributed by atoms with Crippen LogP contribution in [0.2, 0.25) is 25.2 Å². The van der Waals surface area contributed by atoms with Crippen molar-refractivity contribution in [1.29, 1.82) is 0 Å². The van der Waals surface area contributed by atoms with Crippen LogP contribution in [0.25, 0.3) is 0 Å². The smallest absolute Gasteiger partial charge is 0.0568 e. The molecule has 2 heteroatoms. The van der Waals surface area contributed by atoms with Gasteiger partial charge in [0.05, 0.1) is 6.10 Å². The van der Waals surface area contributed by atoms with Crippen LogP contribution in [0.15, 0.2) is 0 Å². The van der Waals surface area contributed by atoms with Gasteiger partial charge in [0, 0.05) is 8.07 Å². The van der Waals surface area contributed by atoms with Crippen molar-refractivity contribution in [2.75, 3.05) is 0 Å². The van der Waals surface area contributed by atoms with Gasteiger partial charge in [-0.05, 0) is 24.3 Å². The minimum Gasteiger partial charge on any atom is -0.393 e. The maximum absolute atomic E-state index is 9.74. The summed E-state index contributed by atoms with van der Waals surface area (Å²) in [5.74, 6) is 0.664. The number of hydrogen-bond acceptors (Lipinski definition) is 1.